The van der Waals surface area contributed by atoms with Crippen molar-refractivity contribution in [3.05, 3.63) is 56.5 Å². The number of hydrazone groups is 1. The number of rotatable bonds is 3. The van der Waals surface area contributed by atoms with Crippen molar-refractivity contribution in [2.75, 3.05) is 0 Å². The molecule has 22 heavy (non-hydrogen) atoms. The van der Waals surface area contributed by atoms with Crippen molar-refractivity contribution in [2.45, 2.75) is 0 Å². The molecule has 2 aromatic carbocycles. The SMILES string of the molecule is O=C(NN=Cc1cc(Cl)cc(Cl)c1O)c1cc(Cl)ccc1O. The predicted octanol–water partition coefficient (Wildman–Crippen LogP) is 3.82. The lowest BCUT2D eigenvalue weighted by atomic mass is 10.2. The number of aromatic hydroxyl groups is 2. The minimum Gasteiger partial charge on any atom is -0.507 e. The fraction of sp³-hybridized carbons (Fsp3) is 0. The van der Waals surface area contributed by atoms with Crippen LogP contribution in [0, 0.1) is 0 Å². The fourth-order valence-corrected chi connectivity index (χ4v) is 2.28. The van der Waals surface area contributed by atoms with Crippen LogP contribution >= 0.6 is 34.8 Å². The van der Waals surface area contributed by atoms with E-state index in [2.05, 4.69) is 10.5 Å². The molecular formula is C14H9Cl3N2O3. The van der Waals surface area contributed by atoms with Gasteiger partial charge in [-0.25, -0.2) is 5.43 Å². The third-order valence-corrected chi connectivity index (χ3v) is 3.37. The Morgan fingerprint density at radius 2 is 1.82 bits per heavy atom. The second-order valence-corrected chi connectivity index (χ2v) is 5.47. The largest absolute Gasteiger partial charge is 0.507 e. The number of nitrogens with zero attached hydrogens (tertiary/aromatic N) is 1. The molecule has 0 saturated carbocycles. The van der Waals surface area contributed by atoms with Crippen molar-refractivity contribution in [1.82, 2.24) is 5.43 Å². The first kappa shape index (κ1) is 16.4. The van der Waals surface area contributed by atoms with E-state index in [0.717, 1.165) is 0 Å². The average molecular weight is 360 g/mol. The molecule has 0 unspecified atom stereocenters. The van der Waals surface area contributed by atoms with Crippen LogP contribution in [-0.4, -0.2) is 22.3 Å². The molecular weight excluding hydrogens is 351 g/mol. The Kier molecular flexibility index (Phi) is 5.13. The van der Waals surface area contributed by atoms with Crippen LogP contribution in [0.15, 0.2) is 35.4 Å². The van der Waals surface area contributed by atoms with Gasteiger partial charge in [0.25, 0.3) is 5.91 Å². The summed E-state index contributed by atoms with van der Waals surface area (Å²) in [6.45, 7) is 0. The first-order valence-electron chi connectivity index (χ1n) is 5.88. The minimum absolute atomic E-state index is 0.0296. The van der Waals surface area contributed by atoms with Crippen molar-refractivity contribution >= 4 is 46.9 Å². The van der Waals surface area contributed by atoms with E-state index in [0.29, 0.717) is 10.0 Å². The minimum atomic E-state index is -0.663. The molecule has 5 nitrogen and oxygen atoms in total. The summed E-state index contributed by atoms with van der Waals surface area (Å²) in [6.07, 6.45) is 1.17. The quantitative estimate of drug-likeness (QED) is 0.575. The summed E-state index contributed by atoms with van der Waals surface area (Å²) in [5.74, 6) is -1.11. The number of hydrogen-bond donors (Lipinski definition) is 3. The van der Waals surface area contributed by atoms with Crippen LogP contribution in [0.1, 0.15) is 15.9 Å². The highest BCUT2D eigenvalue weighted by Gasteiger charge is 2.11. The maximum absolute atomic E-state index is 11.9. The predicted molar refractivity (Wildman–Crippen MR) is 86.3 cm³/mol. The van der Waals surface area contributed by atoms with Gasteiger partial charge in [0.05, 0.1) is 16.8 Å². The molecule has 2 rings (SSSR count). The molecule has 0 radical (unpaired) electrons. The maximum Gasteiger partial charge on any atom is 0.275 e. The van der Waals surface area contributed by atoms with Crippen LogP contribution in [-0.2, 0) is 0 Å². The summed E-state index contributed by atoms with van der Waals surface area (Å²) < 4.78 is 0. The number of carbonyl (C=O) groups excluding carboxylic acids is 1. The Labute approximate surface area is 140 Å². The van der Waals surface area contributed by atoms with E-state index in [9.17, 15) is 15.0 Å². The smallest absolute Gasteiger partial charge is 0.275 e. The third kappa shape index (κ3) is 3.82. The van der Waals surface area contributed by atoms with E-state index in [1.54, 1.807) is 0 Å². The normalized spacial score (nSPS) is 10.9. The zero-order chi connectivity index (χ0) is 16.3. The number of phenolic OH excluding ortho intramolecular Hbond substituents is 2. The van der Waals surface area contributed by atoms with Gasteiger partial charge in [-0.05, 0) is 30.3 Å². The molecule has 0 aliphatic rings. The summed E-state index contributed by atoms with van der Waals surface area (Å²) in [7, 11) is 0. The lowest BCUT2D eigenvalue weighted by Crippen LogP contribution is -2.17. The number of benzene rings is 2. The van der Waals surface area contributed by atoms with Crippen molar-refractivity contribution in [3.63, 3.8) is 0 Å². The lowest BCUT2D eigenvalue weighted by Gasteiger charge is -2.04. The molecule has 0 fully saturated rings. The van der Waals surface area contributed by atoms with Gasteiger partial charge in [0.15, 0.2) is 0 Å². The van der Waals surface area contributed by atoms with Crippen molar-refractivity contribution in [3.8, 4) is 11.5 Å². The van der Waals surface area contributed by atoms with Gasteiger partial charge < -0.3 is 10.2 Å². The van der Waals surface area contributed by atoms with E-state index >= 15 is 0 Å². The molecule has 0 aliphatic heterocycles. The summed E-state index contributed by atoms with van der Waals surface area (Å²) >= 11 is 17.3. The Bertz CT molecular complexity index is 763. The molecule has 1 amide bonds. The van der Waals surface area contributed by atoms with Gasteiger partial charge in [0.1, 0.15) is 11.5 Å². The van der Waals surface area contributed by atoms with Gasteiger partial charge in [-0.1, -0.05) is 34.8 Å². The molecule has 0 aliphatic carbocycles. The average Bonchev–Trinajstić information content (AvgIpc) is 2.46. The molecule has 0 saturated heterocycles. The van der Waals surface area contributed by atoms with Crippen LogP contribution in [0.4, 0.5) is 0 Å². The molecule has 8 heteroatoms. The van der Waals surface area contributed by atoms with Crippen molar-refractivity contribution in [1.29, 1.82) is 0 Å². The Hall–Kier alpha value is -1.95. The van der Waals surface area contributed by atoms with Crippen LogP contribution in [0.3, 0.4) is 0 Å². The summed E-state index contributed by atoms with van der Waals surface area (Å²) in [6, 6.07) is 6.84. The van der Waals surface area contributed by atoms with Crippen LogP contribution < -0.4 is 5.43 Å². The van der Waals surface area contributed by atoms with Gasteiger partial charge in [0, 0.05) is 15.6 Å². The molecule has 0 atom stereocenters. The number of phenols is 2. The maximum atomic E-state index is 11.9. The molecule has 0 spiro atoms. The zero-order valence-corrected chi connectivity index (χ0v) is 13.1. The standard InChI is InChI=1S/C14H9Cl3N2O3/c15-8-1-2-12(20)10(4-8)14(22)19-18-6-7-3-9(16)5-11(17)13(7)21/h1-6,20-21H,(H,19,22). The molecule has 114 valence electrons. The van der Waals surface area contributed by atoms with Crippen LogP contribution in [0.2, 0.25) is 15.1 Å². The van der Waals surface area contributed by atoms with Gasteiger partial charge in [-0.15, -0.1) is 0 Å². The highest BCUT2D eigenvalue weighted by Crippen LogP contribution is 2.30. The summed E-state index contributed by atoms with van der Waals surface area (Å²) in [5, 5.41) is 23.7. The van der Waals surface area contributed by atoms with Gasteiger partial charge in [0.2, 0.25) is 0 Å². The van der Waals surface area contributed by atoms with E-state index in [-0.39, 0.29) is 27.6 Å². The molecule has 2 aromatic rings. The zero-order valence-electron chi connectivity index (χ0n) is 10.8. The van der Waals surface area contributed by atoms with Crippen molar-refractivity contribution in [2.24, 2.45) is 5.10 Å². The second kappa shape index (κ2) is 6.87. The summed E-state index contributed by atoms with van der Waals surface area (Å²) in [5.41, 5.74) is 2.40. The number of halogens is 3. The number of amides is 1. The van der Waals surface area contributed by atoms with Crippen LogP contribution in [0.25, 0.3) is 0 Å². The van der Waals surface area contributed by atoms with E-state index in [1.165, 1.54) is 36.5 Å². The van der Waals surface area contributed by atoms with E-state index < -0.39 is 5.91 Å². The first-order chi connectivity index (χ1) is 10.4. The molecule has 0 bridgehead atoms. The monoisotopic (exact) mass is 358 g/mol. The molecule has 0 aromatic heterocycles. The third-order valence-electron chi connectivity index (χ3n) is 2.63. The Balaban J connectivity index is 2.16. The van der Waals surface area contributed by atoms with Gasteiger partial charge >= 0.3 is 0 Å². The van der Waals surface area contributed by atoms with Gasteiger partial charge in [-0.2, -0.15) is 5.10 Å². The number of nitrogens with one attached hydrogen (secondary N) is 1. The van der Waals surface area contributed by atoms with Gasteiger partial charge in [-0.3, -0.25) is 4.79 Å². The Morgan fingerprint density at radius 1 is 1.09 bits per heavy atom. The topological polar surface area (TPSA) is 81.9 Å². The summed E-state index contributed by atoms with van der Waals surface area (Å²) in [4.78, 5) is 11.9. The molecule has 3 N–H and O–H groups in total. The first-order valence-corrected chi connectivity index (χ1v) is 7.02. The Morgan fingerprint density at radius 3 is 2.55 bits per heavy atom. The highest BCUT2D eigenvalue weighted by molar-refractivity contribution is 6.36. The van der Waals surface area contributed by atoms with Crippen molar-refractivity contribution < 1.29 is 15.0 Å². The second-order valence-electron chi connectivity index (χ2n) is 4.19. The highest BCUT2D eigenvalue weighted by atomic mass is 35.5. The number of hydrogen-bond acceptors (Lipinski definition) is 4. The fourth-order valence-electron chi connectivity index (χ4n) is 1.60. The van der Waals surface area contributed by atoms with Crippen LogP contribution in [0.5, 0.6) is 11.5 Å². The van der Waals surface area contributed by atoms with E-state index in [4.69, 9.17) is 34.8 Å². The number of carbonyl (C=O) groups is 1. The molecule has 0 heterocycles. The van der Waals surface area contributed by atoms with E-state index in [1.807, 2.05) is 0 Å². The lowest BCUT2D eigenvalue weighted by molar-refractivity contribution is 0.0952.